The summed E-state index contributed by atoms with van der Waals surface area (Å²) in [6.45, 7) is 6.16. The molecule has 2 rings (SSSR count). The predicted molar refractivity (Wildman–Crippen MR) is 83.7 cm³/mol. The maximum atomic E-state index is 12.3. The average Bonchev–Trinajstić information content (AvgIpc) is 2.41. The monoisotopic (exact) mass is 285 g/mol. The standard InChI is InChI=1S/C16H19N3O2/c1-4-21-14-8-12(7-13(17)9-14)16(20)19-15-6-5-10(2)18-11(15)3/h5-9H,4,17H2,1-3H3,(H,19,20). The molecule has 0 saturated heterocycles. The fraction of sp³-hybridized carbons (Fsp3) is 0.250. The van der Waals surface area contributed by atoms with Crippen LogP contribution in [-0.2, 0) is 0 Å². The number of anilines is 2. The molecular formula is C16H19N3O2. The quantitative estimate of drug-likeness (QED) is 0.847. The van der Waals surface area contributed by atoms with Crippen LogP contribution in [0, 0.1) is 13.8 Å². The summed E-state index contributed by atoms with van der Waals surface area (Å²) in [5.41, 5.74) is 9.12. The Morgan fingerprint density at radius 1 is 1.29 bits per heavy atom. The molecule has 1 aromatic heterocycles. The lowest BCUT2D eigenvalue weighted by molar-refractivity contribution is 0.102. The van der Waals surface area contributed by atoms with Crippen molar-refractivity contribution in [2.24, 2.45) is 0 Å². The Hall–Kier alpha value is -2.56. The smallest absolute Gasteiger partial charge is 0.255 e. The first kappa shape index (κ1) is 14.8. The SMILES string of the molecule is CCOc1cc(N)cc(C(=O)Nc2ccc(C)nc2C)c1. The molecule has 0 fully saturated rings. The number of hydrogen-bond donors (Lipinski definition) is 2. The van der Waals surface area contributed by atoms with Gasteiger partial charge in [0.25, 0.3) is 5.91 Å². The van der Waals surface area contributed by atoms with E-state index in [-0.39, 0.29) is 5.91 Å². The van der Waals surface area contributed by atoms with Crippen molar-refractivity contribution >= 4 is 17.3 Å². The van der Waals surface area contributed by atoms with Crippen LogP contribution in [0.4, 0.5) is 11.4 Å². The van der Waals surface area contributed by atoms with E-state index in [1.807, 2.05) is 32.9 Å². The first-order valence-electron chi connectivity index (χ1n) is 6.78. The molecule has 0 unspecified atom stereocenters. The Labute approximate surface area is 124 Å². The third-order valence-electron chi connectivity index (χ3n) is 2.98. The number of amides is 1. The molecule has 1 amide bonds. The predicted octanol–water partition coefficient (Wildman–Crippen LogP) is 2.93. The first-order chi connectivity index (χ1) is 9.99. The van der Waals surface area contributed by atoms with Crippen molar-refractivity contribution in [3.63, 3.8) is 0 Å². The van der Waals surface area contributed by atoms with Gasteiger partial charge in [0.1, 0.15) is 5.75 Å². The zero-order valence-corrected chi connectivity index (χ0v) is 12.4. The van der Waals surface area contributed by atoms with Crippen LogP contribution in [0.15, 0.2) is 30.3 Å². The lowest BCUT2D eigenvalue weighted by atomic mass is 10.1. The van der Waals surface area contributed by atoms with Gasteiger partial charge in [0.2, 0.25) is 0 Å². The summed E-state index contributed by atoms with van der Waals surface area (Å²) in [6, 6.07) is 8.68. The van der Waals surface area contributed by atoms with Gasteiger partial charge in [-0.2, -0.15) is 0 Å². The molecule has 110 valence electrons. The van der Waals surface area contributed by atoms with E-state index in [4.69, 9.17) is 10.5 Å². The summed E-state index contributed by atoms with van der Waals surface area (Å²) in [7, 11) is 0. The zero-order chi connectivity index (χ0) is 15.4. The third-order valence-corrected chi connectivity index (χ3v) is 2.98. The average molecular weight is 285 g/mol. The first-order valence-corrected chi connectivity index (χ1v) is 6.78. The minimum atomic E-state index is -0.239. The summed E-state index contributed by atoms with van der Waals surface area (Å²) in [5.74, 6) is 0.346. The zero-order valence-electron chi connectivity index (χ0n) is 12.4. The summed E-state index contributed by atoms with van der Waals surface area (Å²) in [6.07, 6.45) is 0. The van der Waals surface area contributed by atoms with Crippen molar-refractivity contribution in [2.45, 2.75) is 20.8 Å². The van der Waals surface area contributed by atoms with Crippen molar-refractivity contribution < 1.29 is 9.53 Å². The fourth-order valence-electron chi connectivity index (χ4n) is 2.02. The largest absolute Gasteiger partial charge is 0.494 e. The molecule has 0 aliphatic rings. The highest BCUT2D eigenvalue weighted by molar-refractivity contribution is 6.05. The molecule has 0 spiro atoms. The van der Waals surface area contributed by atoms with Gasteiger partial charge < -0.3 is 15.8 Å². The van der Waals surface area contributed by atoms with Gasteiger partial charge in [-0.1, -0.05) is 0 Å². The van der Waals surface area contributed by atoms with E-state index in [1.165, 1.54) is 0 Å². The Bertz CT molecular complexity index is 669. The number of nitrogens with one attached hydrogen (secondary N) is 1. The van der Waals surface area contributed by atoms with E-state index < -0.39 is 0 Å². The highest BCUT2D eigenvalue weighted by atomic mass is 16.5. The van der Waals surface area contributed by atoms with E-state index in [2.05, 4.69) is 10.3 Å². The molecular weight excluding hydrogens is 266 g/mol. The van der Waals surface area contributed by atoms with Crippen molar-refractivity contribution in [1.29, 1.82) is 0 Å². The number of benzene rings is 1. The van der Waals surface area contributed by atoms with Gasteiger partial charge in [0, 0.05) is 23.0 Å². The number of pyridine rings is 1. The molecule has 0 aliphatic carbocycles. The normalized spacial score (nSPS) is 10.2. The highest BCUT2D eigenvalue weighted by Crippen LogP contribution is 2.21. The molecule has 0 aliphatic heterocycles. The molecule has 0 radical (unpaired) electrons. The Balaban J connectivity index is 2.23. The van der Waals surface area contributed by atoms with Gasteiger partial charge in [-0.15, -0.1) is 0 Å². The number of aromatic nitrogens is 1. The molecule has 0 bridgehead atoms. The summed E-state index contributed by atoms with van der Waals surface area (Å²) in [5, 5.41) is 2.84. The van der Waals surface area contributed by atoms with Crippen LogP contribution in [0.25, 0.3) is 0 Å². The molecule has 21 heavy (non-hydrogen) atoms. The van der Waals surface area contributed by atoms with E-state index >= 15 is 0 Å². The topological polar surface area (TPSA) is 77.2 Å². The minimum Gasteiger partial charge on any atom is -0.494 e. The summed E-state index contributed by atoms with van der Waals surface area (Å²) < 4.78 is 5.39. The molecule has 1 aromatic carbocycles. The molecule has 3 N–H and O–H groups in total. The van der Waals surface area contributed by atoms with Crippen LogP contribution in [0.1, 0.15) is 28.7 Å². The van der Waals surface area contributed by atoms with E-state index in [0.717, 1.165) is 11.4 Å². The second-order valence-electron chi connectivity index (χ2n) is 4.76. The van der Waals surface area contributed by atoms with E-state index in [9.17, 15) is 4.79 Å². The number of hydrogen-bond acceptors (Lipinski definition) is 4. The number of carbonyl (C=O) groups excluding carboxylic acids is 1. The number of carbonyl (C=O) groups is 1. The Kier molecular flexibility index (Phi) is 4.42. The molecule has 1 heterocycles. The number of nitrogen functional groups attached to an aromatic ring is 1. The molecule has 0 atom stereocenters. The number of rotatable bonds is 4. The maximum Gasteiger partial charge on any atom is 0.255 e. The minimum absolute atomic E-state index is 0.239. The lowest BCUT2D eigenvalue weighted by Crippen LogP contribution is -2.14. The Morgan fingerprint density at radius 3 is 2.71 bits per heavy atom. The molecule has 0 saturated carbocycles. The Morgan fingerprint density at radius 2 is 2.05 bits per heavy atom. The number of ether oxygens (including phenoxy) is 1. The van der Waals surface area contributed by atoms with E-state index in [1.54, 1.807) is 18.2 Å². The van der Waals surface area contributed by atoms with Crippen LogP contribution in [0.3, 0.4) is 0 Å². The van der Waals surface area contributed by atoms with Crippen LogP contribution in [0.5, 0.6) is 5.75 Å². The van der Waals surface area contributed by atoms with Gasteiger partial charge in [0.05, 0.1) is 18.0 Å². The van der Waals surface area contributed by atoms with Crippen molar-refractivity contribution in [1.82, 2.24) is 4.98 Å². The number of nitrogens with two attached hydrogens (primary N) is 1. The van der Waals surface area contributed by atoms with Gasteiger partial charge in [-0.05, 0) is 45.0 Å². The highest BCUT2D eigenvalue weighted by Gasteiger charge is 2.11. The van der Waals surface area contributed by atoms with Crippen LogP contribution >= 0.6 is 0 Å². The van der Waals surface area contributed by atoms with Gasteiger partial charge >= 0.3 is 0 Å². The number of aryl methyl sites for hydroxylation is 2. The number of nitrogens with zero attached hydrogens (tertiary/aromatic N) is 1. The molecule has 5 heteroatoms. The second-order valence-corrected chi connectivity index (χ2v) is 4.76. The van der Waals surface area contributed by atoms with Gasteiger partial charge in [-0.3, -0.25) is 9.78 Å². The van der Waals surface area contributed by atoms with E-state index in [0.29, 0.717) is 29.3 Å². The molecule has 2 aromatic rings. The van der Waals surface area contributed by atoms with Gasteiger partial charge in [-0.25, -0.2) is 0 Å². The van der Waals surface area contributed by atoms with Crippen LogP contribution in [-0.4, -0.2) is 17.5 Å². The lowest BCUT2D eigenvalue weighted by Gasteiger charge is -2.10. The van der Waals surface area contributed by atoms with Crippen molar-refractivity contribution in [3.05, 3.63) is 47.3 Å². The van der Waals surface area contributed by atoms with Gasteiger partial charge in [0.15, 0.2) is 0 Å². The maximum absolute atomic E-state index is 12.3. The van der Waals surface area contributed by atoms with Crippen LogP contribution in [0.2, 0.25) is 0 Å². The summed E-state index contributed by atoms with van der Waals surface area (Å²) in [4.78, 5) is 16.6. The molecule has 5 nitrogen and oxygen atoms in total. The fourth-order valence-corrected chi connectivity index (χ4v) is 2.02. The third kappa shape index (κ3) is 3.72. The van der Waals surface area contributed by atoms with Crippen molar-refractivity contribution in [3.8, 4) is 5.75 Å². The summed E-state index contributed by atoms with van der Waals surface area (Å²) >= 11 is 0. The van der Waals surface area contributed by atoms with Crippen LogP contribution < -0.4 is 15.8 Å². The van der Waals surface area contributed by atoms with Crippen molar-refractivity contribution in [2.75, 3.05) is 17.7 Å². The second kappa shape index (κ2) is 6.26.